The number of nitrogens with two attached hydrogens (primary N) is 1. The molecule has 7 N–H and O–H groups in total. The molecule has 0 saturated heterocycles. The van der Waals surface area contributed by atoms with E-state index in [1.54, 1.807) is 60.7 Å². The number of carbonyl (C=O) groups excluding carboxylic acids is 5. The molecule has 51 heavy (non-hydrogen) atoms. The van der Waals surface area contributed by atoms with Gasteiger partial charge in [-0.3, -0.25) is 19.3 Å². The van der Waals surface area contributed by atoms with E-state index in [1.807, 2.05) is 0 Å². The molecule has 14 nitrogen and oxygen atoms in total. The summed E-state index contributed by atoms with van der Waals surface area (Å²) in [5, 5.41) is 55.1. The van der Waals surface area contributed by atoms with Crippen LogP contribution < -0.4 is 5.73 Å². The molecule has 0 aliphatic heterocycles. The number of benzene rings is 3. The molecule has 15 heteroatoms. The lowest BCUT2D eigenvalue weighted by Gasteiger charge is -2.52. The van der Waals surface area contributed by atoms with Crippen molar-refractivity contribution in [3.8, 4) is 5.75 Å². The van der Waals surface area contributed by atoms with Gasteiger partial charge in [0, 0.05) is 16.5 Å². The second-order valence-electron chi connectivity index (χ2n) is 12.0. The van der Waals surface area contributed by atoms with E-state index in [4.69, 9.17) is 17.3 Å². The molecular weight excluding hydrogens is 688 g/mol. The van der Waals surface area contributed by atoms with Crippen LogP contribution in [0.1, 0.15) is 36.6 Å². The summed E-state index contributed by atoms with van der Waals surface area (Å²) in [7, 11) is 2.90. The Morgan fingerprint density at radius 1 is 0.863 bits per heavy atom. The fraction of sp³-hybridized carbons (Fsp3) is 0.194. The van der Waals surface area contributed by atoms with Gasteiger partial charge in [-0.15, -0.1) is 0 Å². The standard InChI is InChI=1S/C22H21ClN2O8.C14H10O4/c1-6-9-7(23)4-5-8(26)11(9)16(27)12-10(6)17(28)14-15(25(2)3)18(29)13(21(24)32)20(31)22(14,33)19(12)30;15-13(11-7-3-1-4-8-11)17-18-14(16)12-9-5-2-6-10-12/h4-5,10,14-15,17,26,28-30,33H,1H2,2-3H3,(H2,24,32);1-10H/t10-,14-,15+,17+,22+;/m1./s1. The van der Waals surface area contributed by atoms with Gasteiger partial charge in [0.05, 0.1) is 40.3 Å². The van der Waals surface area contributed by atoms with E-state index in [9.17, 15) is 49.5 Å². The predicted molar refractivity (Wildman–Crippen MR) is 179 cm³/mol. The molecule has 6 rings (SSSR count). The first-order valence-electron chi connectivity index (χ1n) is 15.1. The summed E-state index contributed by atoms with van der Waals surface area (Å²) < 4.78 is 0. The summed E-state index contributed by atoms with van der Waals surface area (Å²) in [6.07, 6.45) is -1.75. The van der Waals surface area contributed by atoms with E-state index in [0.717, 1.165) is 6.07 Å². The minimum atomic E-state index is -2.97. The fourth-order valence-electron chi connectivity index (χ4n) is 6.59. The zero-order valence-corrected chi connectivity index (χ0v) is 27.7. The second kappa shape index (κ2) is 13.8. The smallest absolute Gasteiger partial charge is 0.386 e. The normalized spacial score (nSPS) is 23.8. The van der Waals surface area contributed by atoms with Crippen molar-refractivity contribution >= 4 is 46.6 Å². The molecule has 3 aromatic carbocycles. The Kier molecular flexibility index (Phi) is 9.90. The van der Waals surface area contributed by atoms with E-state index >= 15 is 0 Å². The number of likely N-dealkylation sites (N-methyl/N-ethyl adjacent to an activating group) is 1. The monoisotopic (exact) mass is 718 g/mol. The van der Waals surface area contributed by atoms with E-state index in [-0.39, 0.29) is 21.7 Å². The average molecular weight is 719 g/mol. The summed E-state index contributed by atoms with van der Waals surface area (Å²) in [5.41, 5.74) is 1.16. The maximum Gasteiger partial charge on any atom is 0.386 e. The first-order valence-corrected chi connectivity index (χ1v) is 15.5. The first kappa shape index (κ1) is 36.5. The van der Waals surface area contributed by atoms with Crippen molar-refractivity contribution in [2.24, 2.45) is 17.6 Å². The molecular formula is C36H31ClN2O12. The summed E-state index contributed by atoms with van der Waals surface area (Å²) >= 11 is 6.24. The lowest BCUT2D eigenvalue weighted by Crippen LogP contribution is -2.68. The number of aliphatic hydroxyl groups excluding tert-OH is 3. The zero-order chi connectivity index (χ0) is 37.5. The number of halogens is 1. The van der Waals surface area contributed by atoms with E-state index in [1.165, 1.54) is 25.1 Å². The van der Waals surface area contributed by atoms with E-state index in [0.29, 0.717) is 11.1 Å². The van der Waals surface area contributed by atoms with Crippen LogP contribution in [0.4, 0.5) is 0 Å². The van der Waals surface area contributed by atoms with Crippen molar-refractivity contribution in [1.29, 1.82) is 0 Å². The zero-order valence-electron chi connectivity index (χ0n) is 26.9. The van der Waals surface area contributed by atoms with Crippen molar-refractivity contribution in [2.75, 3.05) is 14.1 Å². The number of nitrogens with zero attached hydrogens (tertiary/aromatic N) is 1. The SMILES string of the molecule is C=C1c2c(Cl)ccc(O)c2C(=O)C2=C(O)[C@]3(O)C(=O)C(C(N)=O)=C(O)[C@@H](N(C)C)[C@@H]3[C@@H](O)[C@H]12.O=C(OOC(=O)c1ccccc1)c1ccccc1. The summed E-state index contributed by atoms with van der Waals surface area (Å²) in [5.74, 6) is -10.6. The van der Waals surface area contributed by atoms with Crippen LogP contribution >= 0.6 is 11.6 Å². The predicted octanol–water partition coefficient (Wildman–Crippen LogP) is 2.83. The highest BCUT2D eigenvalue weighted by Gasteiger charge is 2.67. The number of ketones is 2. The van der Waals surface area contributed by atoms with Gasteiger partial charge in [-0.2, -0.15) is 0 Å². The number of aromatic hydroxyl groups is 1. The topological polar surface area (TPSA) is 234 Å². The molecule has 3 aromatic rings. The number of hydrogen-bond donors (Lipinski definition) is 6. The van der Waals surface area contributed by atoms with Crippen LogP contribution in [0.25, 0.3) is 5.57 Å². The van der Waals surface area contributed by atoms with E-state index in [2.05, 4.69) is 16.4 Å². The molecule has 0 spiro atoms. The number of hydrogen-bond acceptors (Lipinski definition) is 13. The second-order valence-corrected chi connectivity index (χ2v) is 12.4. The third-order valence-electron chi connectivity index (χ3n) is 8.88. The Bertz CT molecular complexity index is 1990. The average Bonchev–Trinajstić information content (AvgIpc) is 3.10. The van der Waals surface area contributed by atoms with Crippen LogP contribution in [0.15, 0.2) is 102 Å². The van der Waals surface area contributed by atoms with Crippen LogP contribution in [-0.4, -0.2) is 91.7 Å². The quantitative estimate of drug-likeness (QED) is 0.130. The maximum absolute atomic E-state index is 13.4. The Morgan fingerprint density at radius 3 is 1.84 bits per heavy atom. The van der Waals surface area contributed by atoms with Crippen LogP contribution in [0.5, 0.6) is 5.75 Å². The third kappa shape index (κ3) is 6.04. The molecule has 1 amide bonds. The first-order chi connectivity index (χ1) is 24.0. The van der Waals surface area contributed by atoms with Crippen LogP contribution in [-0.2, 0) is 19.4 Å². The number of rotatable bonds is 4. The lowest BCUT2D eigenvalue weighted by atomic mass is 9.56. The largest absolute Gasteiger partial charge is 0.510 e. The van der Waals surface area contributed by atoms with Crippen LogP contribution in [0.3, 0.4) is 0 Å². The fourth-order valence-corrected chi connectivity index (χ4v) is 6.87. The molecule has 0 radical (unpaired) electrons. The highest BCUT2D eigenvalue weighted by Crippen LogP contribution is 2.55. The summed E-state index contributed by atoms with van der Waals surface area (Å²) in [4.78, 5) is 71.7. The van der Waals surface area contributed by atoms with Gasteiger partial charge in [0.2, 0.25) is 5.78 Å². The number of fused-ring (bicyclic) bond motifs is 3. The van der Waals surface area contributed by atoms with Gasteiger partial charge in [-0.1, -0.05) is 54.6 Å². The van der Waals surface area contributed by atoms with Gasteiger partial charge in [-0.25, -0.2) is 19.4 Å². The van der Waals surface area contributed by atoms with Crippen LogP contribution in [0.2, 0.25) is 5.02 Å². The number of carbonyl (C=O) groups is 5. The molecule has 0 bridgehead atoms. The number of phenolic OH excluding ortho intramolecular Hbond substituents is 1. The highest BCUT2D eigenvalue weighted by molar-refractivity contribution is 6.34. The van der Waals surface area contributed by atoms with Crippen molar-refractivity contribution in [3.05, 3.63) is 129 Å². The summed E-state index contributed by atoms with van der Waals surface area (Å²) in [6.45, 7) is 3.89. The molecule has 0 unspecified atom stereocenters. The molecule has 3 aliphatic rings. The minimum Gasteiger partial charge on any atom is -0.510 e. The van der Waals surface area contributed by atoms with Gasteiger partial charge < -0.3 is 31.3 Å². The Morgan fingerprint density at radius 2 is 1.37 bits per heavy atom. The van der Waals surface area contributed by atoms with Crippen LogP contribution in [0, 0.1) is 11.8 Å². The number of amides is 1. The molecule has 0 fully saturated rings. The summed E-state index contributed by atoms with van der Waals surface area (Å²) in [6, 6.07) is 17.7. The Labute approximate surface area is 294 Å². The van der Waals surface area contributed by atoms with E-state index < -0.39 is 87.4 Å². The third-order valence-corrected chi connectivity index (χ3v) is 9.20. The minimum absolute atomic E-state index is 0.0498. The highest BCUT2D eigenvalue weighted by atomic mass is 35.5. The van der Waals surface area contributed by atoms with Gasteiger partial charge in [-0.05, 0) is 56.1 Å². The van der Waals surface area contributed by atoms with Gasteiger partial charge in [0.1, 0.15) is 22.8 Å². The number of primary amides is 1. The number of Topliss-reactive ketones (excluding diaryl/α,β-unsaturated/α-hetero) is 2. The Hall–Kier alpha value is -5.80. The van der Waals surface area contributed by atoms with Gasteiger partial charge in [0.15, 0.2) is 11.4 Å². The van der Waals surface area contributed by atoms with Crippen molar-refractivity contribution in [2.45, 2.75) is 17.7 Å². The molecule has 5 atom stereocenters. The van der Waals surface area contributed by atoms with Gasteiger partial charge >= 0.3 is 11.9 Å². The van der Waals surface area contributed by atoms with Crippen molar-refractivity contribution in [1.82, 2.24) is 4.90 Å². The molecule has 3 aliphatic carbocycles. The van der Waals surface area contributed by atoms with Crippen molar-refractivity contribution in [3.63, 3.8) is 0 Å². The van der Waals surface area contributed by atoms with Gasteiger partial charge in [0.25, 0.3) is 5.91 Å². The lowest BCUT2D eigenvalue weighted by molar-refractivity contribution is -0.187. The number of phenols is 1. The molecule has 0 heterocycles. The van der Waals surface area contributed by atoms with Crippen molar-refractivity contribution < 1.29 is 59.3 Å². The maximum atomic E-state index is 13.4. The number of aliphatic hydroxyl groups is 4. The molecule has 0 saturated carbocycles. The molecule has 0 aromatic heterocycles. The molecule has 264 valence electrons. The Balaban J connectivity index is 0.000000236.